The molecule has 2 aromatic rings. The number of methoxy groups -OCH3 is 1. The molecule has 0 spiro atoms. The summed E-state index contributed by atoms with van der Waals surface area (Å²) in [5.41, 5.74) is -2.25. The Morgan fingerprint density at radius 1 is 1.03 bits per heavy atom. The first-order valence-corrected chi connectivity index (χ1v) is 15.1. The molecule has 0 radical (unpaired) electrons. The first-order valence-electron chi connectivity index (χ1n) is 11.1. The topological polar surface area (TPSA) is 61.8 Å². The molecular weight excluding hydrogens is 540 g/mol. The Morgan fingerprint density at radius 3 is 2.06 bits per heavy atom. The Morgan fingerprint density at radius 2 is 1.58 bits per heavy atom. The summed E-state index contributed by atoms with van der Waals surface area (Å²) < 4.78 is 93.1. The van der Waals surface area contributed by atoms with Gasteiger partial charge in [-0.1, -0.05) is 59.1 Å². The van der Waals surface area contributed by atoms with Gasteiger partial charge in [-0.3, -0.25) is 0 Å². The van der Waals surface area contributed by atoms with Crippen molar-refractivity contribution in [3.63, 3.8) is 0 Å². The summed E-state index contributed by atoms with van der Waals surface area (Å²) in [6.07, 6.45) is 0. The maximum Gasteiger partial charge on any atom is 0.534 e. The molecule has 0 aliphatic carbocycles. The van der Waals surface area contributed by atoms with Gasteiger partial charge < -0.3 is 13.7 Å². The second-order valence-electron chi connectivity index (χ2n) is 9.25. The number of ether oxygens (including phenoxy) is 2. The summed E-state index contributed by atoms with van der Waals surface area (Å²) in [5.74, 6) is 0.984. The quantitative estimate of drug-likeness (QED) is 0.0828. The Labute approximate surface area is 215 Å². The van der Waals surface area contributed by atoms with Crippen molar-refractivity contribution in [2.45, 2.75) is 63.7 Å². The van der Waals surface area contributed by atoms with Gasteiger partial charge in [-0.25, -0.2) is 4.39 Å². The monoisotopic (exact) mass is 568 g/mol. The van der Waals surface area contributed by atoms with E-state index >= 15 is 4.39 Å². The zero-order valence-corrected chi connectivity index (χ0v) is 23.6. The predicted octanol–water partition coefficient (Wildman–Crippen LogP) is 7.41. The van der Waals surface area contributed by atoms with Crippen LogP contribution in [-0.2, 0) is 14.9 Å². The summed E-state index contributed by atoms with van der Waals surface area (Å²) in [6, 6.07) is 3.42. The number of rotatable bonds is 8. The molecule has 200 valence electrons. The van der Waals surface area contributed by atoms with Gasteiger partial charge in [0.15, 0.2) is 18.4 Å². The molecule has 0 N–H and O–H groups in total. The number of hydrogen-bond donors (Lipinski definition) is 0. The Bertz CT molecular complexity index is 1260. The van der Waals surface area contributed by atoms with E-state index in [-0.39, 0.29) is 50.5 Å². The van der Waals surface area contributed by atoms with E-state index < -0.39 is 35.3 Å². The van der Waals surface area contributed by atoms with Crippen molar-refractivity contribution in [2.75, 3.05) is 13.9 Å². The molecule has 0 bridgehead atoms. The highest BCUT2D eigenvalue weighted by molar-refractivity contribution is 7.88. The second-order valence-corrected chi connectivity index (χ2v) is 16.8. The van der Waals surface area contributed by atoms with Gasteiger partial charge in [0, 0.05) is 18.6 Å². The largest absolute Gasteiger partial charge is 0.534 e. The van der Waals surface area contributed by atoms with E-state index in [9.17, 15) is 21.6 Å². The molecule has 5 nitrogen and oxygen atoms in total. The lowest BCUT2D eigenvalue weighted by Crippen LogP contribution is -2.43. The van der Waals surface area contributed by atoms with Crippen LogP contribution in [0, 0.1) is 17.3 Å². The molecule has 0 saturated heterocycles. The standard InChI is InChI=1S/C24H29ClF4O5SSi/c1-14(2)36(15(3)4,16(5)6)9-8-19-22-17(11-20(25)23(19)26)10-18(33-13-32-7)12-21(22)34-35(30,31)24(27,28)29/h10-12,14-16H,13H2,1-7H3. The molecule has 0 atom stereocenters. The van der Waals surface area contributed by atoms with E-state index in [0.29, 0.717) is 0 Å². The van der Waals surface area contributed by atoms with Crippen LogP contribution in [0.3, 0.4) is 0 Å². The summed E-state index contributed by atoms with van der Waals surface area (Å²) in [7, 11) is -7.18. The van der Waals surface area contributed by atoms with E-state index in [1.165, 1.54) is 13.2 Å². The van der Waals surface area contributed by atoms with Crippen molar-refractivity contribution >= 4 is 40.6 Å². The van der Waals surface area contributed by atoms with Gasteiger partial charge in [0.1, 0.15) is 13.8 Å². The summed E-state index contributed by atoms with van der Waals surface area (Å²) >= 11 is 6.11. The third kappa shape index (κ3) is 5.93. The van der Waals surface area contributed by atoms with Crippen molar-refractivity contribution in [2.24, 2.45) is 0 Å². The fourth-order valence-corrected chi connectivity index (χ4v) is 10.5. The third-order valence-electron chi connectivity index (χ3n) is 6.16. The van der Waals surface area contributed by atoms with Gasteiger partial charge in [-0.2, -0.15) is 21.6 Å². The molecule has 12 heteroatoms. The van der Waals surface area contributed by atoms with E-state index in [1.807, 2.05) is 41.5 Å². The van der Waals surface area contributed by atoms with E-state index in [4.69, 9.17) is 21.1 Å². The second kappa shape index (κ2) is 11.2. The van der Waals surface area contributed by atoms with Crippen molar-refractivity contribution in [3.8, 4) is 23.0 Å². The first-order chi connectivity index (χ1) is 16.5. The average Bonchev–Trinajstić information content (AvgIpc) is 2.73. The molecule has 0 heterocycles. The minimum Gasteiger partial charge on any atom is -0.467 e. The van der Waals surface area contributed by atoms with Gasteiger partial charge in [0.05, 0.1) is 10.6 Å². The highest BCUT2D eigenvalue weighted by atomic mass is 35.5. The SMILES string of the molecule is COCOc1cc(OS(=O)(=O)C(F)(F)F)c2c(C#C[Si](C(C)C)(C(C)C)C(C)C)c(F)c(Cl)cc2c1. The normalized spacial score (nSPS) is 12.9. The smallest absolute Gasteiger partial charge is 0.467 e. The number of alkyl halides is 3. The van der Waals surface area contributed by atoms with Crippen LogP contribution in [0.15, 0.2) is 18.2 Å². The minimum absolute atomic E-state index is 0.0754. The Kier molecular flexibility index (Phi) is 9.38. The molecule has 0 amide bonds. The molecule has 0 saturated carbocycles. The molecule has 0 aliphatic heterocycles. The minimum atomic E-state index is -6.08. The summed E-state index contributed by atoms with van der Waals surface area (Å²) in [6.45, 7) is 11.9. The zero-order valence-electron chi connectivity index (χ0n) is 21.0. The highest BCUT2D eigenvalue weighted by Gasteiger charge is 2.49. The van der Waals surface area contributed by atoms with Crippen LogP contribution in [0.25, 0.3) is 10.8 Å². The average molecular weight is 569 g/mol. The number of halogens is 5. The number of hydrogen-bond acceptors (Lipinski definition) is 5. The molecule has 0 aromatic heterocycles. The molecule has 0 fully saturated rings. The lowest BCUT2D eigenvalue weighted by molar-refractivity contribution is -0.0499. The fraction of sp³-hybridized carbons (Fsp3) is 0.500. The zero-order chi connectivity index (χ0) is 27.6. The van der Waals surface area contributed by atoms with Gasteiger partial charge >= 0.3 is 15.6 Å². The summed E-state index contributed by atoms with van der Waals surface area (Å²) in [4.78, 5) is 0. The van der Waals surface area contributed by atoms with Crippen LogP contribution < -0.4 is 8.92 Å². The van der Waals surface area contributed by atoms with Crippen LogP contribution >= 0.6 is 11.6 Å². The lowest BCUT2D eigenvalue weighted by atomic mass is 10.0. The van der Waals surface area contributed by atoms with Gasteiger partial charge in [0.25, 0.3) is 0 Å². The Balaban J connectivity index is 2.99. The van der Waals surface area contributed by atoms with Crippen LogP contribution in [0.2, 0.25) is 21.6 Å². The number of benzene rings is 2. The third-order valence-corrected chi connectivity index (χ3v) is 13.7. The van der Waals surface area contributed by atoms with Crippen LogP contribution in [0.1, 0.15) is 47.1 Å². The van der Waals surface area contributed by atoms with E-state index in [0.717, 1.165) is 12.1 Å². The van der Waals surface area contributed by atoms with Crippen LogP contribution in [0.5, 0.6) is 11.5 Å². The fourth-order valence-electron chi connectivity index (χ4n) is 4.58. The van der Waals surface area contributed by atoms with E-state index in [2.05, 4.69) is 15.6 Å². The van der Waals surface area contributed by atoms with Crippen LogP contribution in [0.4, 0.5) is 17.6 Å². The molecule has 2 rings (SSSR count). The maximum atomic E-state index is 15.4. The number of fused-ring (bicyclic) bond motifs is 1. The predicted molar refractivity (Wildman–Crippen MR) is 135 cm³/mol. The van der Waals surface area contributed by atoms with E-state index in [1.54, 1.807) is 0 Å². The molecule has 36 heavy (non-hydrogen) atoms. The first kappa shape index (κ1) is 30.2. The highest BCUT2D eigenvalue weighted by Crippen LogP contribution is 2.42. The summed E-state index contributed by atoms with van der Waals surface area (Å²) in [5, 5.41) is -0.523. The van der Waals surface area contributed by atoms with Gasteiger partial charge in [-0.15, -0.1) is 5.54 Å². The molecule has 2 aromatic carbocycles. The van der Waals surface area contributed by atoms with Crippen molar-refractivity contribution in [1.29, 1.82) is 0 Å². The van der Waals surface area contributed by atoms with Gasteiger partial charge in [-0.05, 0) is 34.1 Å². The molecule has 0 unspecified atom stereocenters. The van der Waals surface area contributed by atoms with Crippen molar-refractivity contribution < 1.29 is 39.6 Å². The van der Waals surface area contributed by atoms with Crippen molar-refractivity contribution in [3.05, 3.63) is 34.6 Å². The van der Waals surface area contributed by atoms with Crippen LogP contribution in [-0.4, -0.2) is 35.9 Å². The Hall–Kier alpha value is -2.00. The lowest BCUT2D eigenvalue weighted by Gasteiger charge is -2.38. The van der Waals surface area contributed by atoms with Gasteiger partial charge in [0.2, 0.25) is 0 Å². The molecular formula is C24H29ClF4O5SSi. The maximum absolute atomic E-state index is 15.4. The molecule has 0 aliphatic rings. The van der Waals surface area contributed by atoms with Crippen molar-refractivity contribution in [1.82, 2.24) is 0 Å².